The zero-order chi connectivity index (χ0) is 20.5. The summed E-state index contributed by atoms with van der Waals surface area (Å²) in [5, 5.41) is 0. The molecule has 5 nitrogen and oxygen atoms in total. The molecular formula is C24H22N2O3. The fourth-order valence-corrected chi connectivity index (χ4v) is 2.74. The molecule has 0 heterocycles. The molecule has 0 aliphatic carbocycles. The number of aryl methyl sites for hydroxylation is 1. The van der Waals surface area contributed by atoms with E-state index in [9.17, 15) is 9.59 Å². The van der Waals surface area contributed by atoms with Crippen LogP contribution in [-0.2, 0) is 9.59 Å². The maximum Gasteiger partial charge on any atom is 0.276 e. The summed E-state index contributed by atoms with van der Waals surface area (Å²) in [5.41, 5.74) is 8.59. The van der Waals surface area contributed by atoms with Crippen LogP contribution in [0.4, 0.5) is 0 Å². The van der Waals surface area contributed by atoms with Crippen molar-refractivity contribution in [3.63, 3.8) is 0 Å². The molecule has 0 spiro atoms. The van der Waals surface area contributed by atoms with Crippen LogP contribution in [0, 0.1) is 6.92 Å². The first-order valence-corrected chi connectivity index (χ1v) is 9.23. The van der Waals surface area contributed by atoms with Gasteiger partial charge in [0.25, 0.3) is 11.8 Å². The number of carbonyl (C=O) groups excluding carboxylic acids is 2. The number of nitrogens with one attached hydrogen (secondary N) is 2. The van der Waals surface area contributed by atoms with Crippen molar-refractivity contribution in [3.05, 3.63) is 96.1 Å². The average molecular weight is 386 g/mol. The predicted molar refractivity (Wildman–Crippen MR) is 114 cm³/mol. The SMILES string of the molecule is Cc1ccccc1/C=C/C(=O)NNC(=O)COc1ccccc1-c1ccccc1. The molecule has 0 fully saturated rings. The maximum atomic E-state index is 12.0. The van der Waals surface area contributed by atoms with Crippen molar-refractivity contribution in [3.8, 4) is 16.9 Å². The van der Waals surface area contributed by atoms with Crippen LogP contribution >= 0.6 is 0 Å². The van der Waals surface area contributed by atoms with Crippen molar-refractivity contribution < 1.29 is 14.3 Å². The van der Waals surface area contributed by atoms with Gasteiger partial charge in [0.05, 0.1) is 0 Å². The zero-order valence-electron chi connectivity index (χ0n) is 16.1. The molecular weight excluding hydrogens is 364 g/mol. The van der Waals surface area contributed by atoms with E-state index in [4.69, 9.17) is 4.74 Å². The molecule has 0 radical (unpaired) electrons. The van der Waals surface area contributed by atoms with Gasteiger partial charge in [-0.15, -0.1) is 0 Å². The minimum absolute atomic E-state index is 0.217. The zero-order valence-corrected chi connectivity index (χ0v) is 16.1. The Morgan fingerprint density at radius 1 is 0.862 bits per heavy atom. The van der Waals surface area contributed by atoms with E-state index in [1.54, 1.807) is 12.1 Å². The van der Waals surface area contributed by atoms with E-state index < -0.39 is 11.8 Å². The number of para-hydroxylation sites is 1. The second-order valence-corrected chi connectivity index (χ2v) is 6.38. The molecule has 0 atom stereocenters. The molecule has 2 N–H and O–H groups in total. The van der Waals surface area contributed by atoms with E-state index in [1.807, 2.05) is 79.7 Å². The van der Waals surface area contributed by atoms with Gasteiger partial charge in [0.2, 0.25) is 0 Å². The van der Waals surface area contributed by atoms with Crippen LogP contribution in [0.3, 0.4) is 0 Å². The molecule has 0 aliphatic rings. The van der Waals surface area contributed by atoms with Crippen molar-refractivity contribution in [2.75, 3.05) is 6.61 Å². The van der Waals surface area contributed by atoms with Gasteiger partial charge in [-0.1, -0.05) is 72.8 Å². The fourth-order valence-electron chi connectivity index (χ4n) is 2.74. The molecule has 0 bridgehead atoms. The summed E-state index contributed by atoms with van der Waals surface area (Å²) in [6, 6.07) is 25.0. The largest absolute Gasteiger partial charge is 0.483 e. The Labute approximate surface area is 170 Å². The van der Waals surface area contributed by atoms with Crippen molar-refractivity contribution in [2.24, 2.45) is 0 Å². The van der Waals surface area contributed by atoms with Gasteiger partial charge in [0, 0.05) is 11.6 Å². The van der Waals surface area contributed by atoms with Crippen molar-refractivity contribution in [1.29, 1.82) is 0 Å². The van der Waals surface area contributed by atoms with Crippen LogP contribution in [0.2, 0.25) is 0 Å². The van der Waals surface area contributed by atoms with Crippen LogP contribution in [-0.4, -0.2) is 18.4 Å². The van der Waals surface area contributed by atoms with Crippen molar-refractivity contribution in [1.82, 2.24) is 10.9 Å². The van der Waals surface area contributed by atoms with Crippen LogP contribution < -0.4 is 15.6 Å². The number of hydrogen-bond donors (Lipinski definition) is 2. The van der Waals surface area contributed by atoms with Crippen LogP contribution in [0.15, 0.2) is 84.9 Å². The number of benzene rings is 3. The third-order valence-electron chi connectivity index (χ3n) is 4.26. The minimum atomic E-state index is -0.453. The first-order chi connectivity index (χ1) is 14.1. The molecule has 146 valence electrons. The molecule has 0 aromatic heterocycles. The highest BCUT2D eigenvalue weighted by molar-refractivity contribution is 5.93. The Balaban J connectivity index is 1.51. The lowest BCUT2D eigenvalue weighted by molar-refractivity contribution is -0.128. The fraction of sp³-hybridized carbons (Fsp3) is 0.0833. The highest BCUT2D eigenvalue weighted by Crippen LogP contribution is 2.29. The standard InChI is InChI=1S/C24H22N2O3/c1-18-9-5-6-10-19(18)15-16-23(27)25-26-24(28)17-29-22-14-8-7-13-21(22)20-11-3-2-4-12-20/h2-16H,17H2,1H3,(H,25,27)(H,26,28)/b16-15+. The second-order valence-electron chi connectivity index (χ2n) is 6.38. The van der Waals surface area contributed by atoms with E-state index in [1.165, 1.54) is 6.08 Å². The van der Waals surface area contributed by atoms with Crippen LogP contribution in [0.25, 0.3) is 17.2 Å². The van der Waals surface area contributed by atoms with E-state index in [-0.39, 0.29) is 6.61 Å². The quantitative estimate of drug-likeness (QED) is 0.499. The highest BCUT2D eigenvalue weighted by atomic mass is 16.5. The number of hydrazine groups is 1. The second kappa shape index (κ2) is 9.90. The summed E-state index contributed by atoms with van der Waals surface area (Å²) in [6.07, 6.45) is 3.07. The molecule has 5 heteroatoms. The van der Waals surface area contributed by atoms with E-state index in [0.29, 0.717) is 5.75 Å². The summed E-state index contributed by atoms with van der Waals surface area (Å²) in [5.74, 6) is -0.281. The summed E-state index contributed by atoms with van der Waals surface area (Å²) in [6.45, 7) is 1.75. The lowest BCUT2D eigenvalue weighted by Gasteiger charge is -2.12. The smallest absolute Gasteiger partial charge is 0.276 e. The summed E-state index contributed by atoms with van der Waals surface area (Å²) < 4.78 is 5.65. The van der Waals surface area contributed by atoms with Gasteiger partial charge in [0.1, 0.15) is 5.75 Å². The minimum Gasteiger partial charge on any atom is -0.483 e. The molecule has 0 aliphatic heterocycles. The summed E-state index contributed by atoms with van der Waals surface area (Å²) in [4.78, 5) is 23.9. The Bertz CT molecular complexity index is 1010. The van der Waals surface area contributed by atoms with Crippen LogP contribution in [0.1, 0.15) is 11.1 Å². The number of ether oxygens (including phenoxy) is 1. The van der Waals surface area contributed by atoms with Gasteiger partial charge in [-0.25, -0.2) is 0 Å². The van der Waals surface area contributed by atoms with Gasteiger partial charge >= 0.3 is 0 Å². The predicted octanol–water partition coefficient (Wildman–Crippen LogP) is 3.90. The lowest BCUT2D eigenvalue weighted by Crippen LogP contribution is -2.43. The average Bonchev–Trinajstić information content (AvgIpc) is 2.76. The topological polar surface area (TPSA) is 67.4 Å². The monoisotopic (exact) mass is 386 g/mol. The summed E-state index contributed by atoms with van der Waals surface area (Å²) in [7, 11) is 0. The van der Waals surface area contributed by atoms with E-state index in [2.05, 4.69) is 10.9 Å². The molecule has 3 aromatic carbocycles. The number of carbonyl (C=O) groups is 2. The Morgan fingerprint density at radius 3 is 2.34 bits per heavy atom. The molecule has 3 rings (SSSR count). The van der Waals surface area contributed by atoms with Gasteiger partial charge in [-0.2, -0.15) is 0 Å². The molecule has 29 heavy (non-hydrogen) atoms. The number of amides is 2. The highest BCUT2D eigenvalue weighted by Gasteiger charge is 2.08. The van der Waals surface area contributed by atoms with Crippen molar-refractivity contribution in [2.45, 2.75) is 6.92 Å². The number of rotatable bonds is 6. The maximum absolute atomic E-state index is 12.0. The Kier molecular flexibility index (Phi) is 6.79. The normalized spacial score (nSPS) is 10.5. The van der Waals surface area contributed by atoms with Crippen LogP contribution in [0.5, 0.6) is 5.75 Å². The lowest BCUT2D eigenvalue weighted by atomic mass is 10.1. The Hall–Kier alpha value is -3.86. The molecule has 0 saturated carbocycles. The molecule has 3 aromatic rings. The van der Waals surface area contributed by atoms with Gasteiger partial charge < -0.3 is 4.74 Å². The Morgan fingerprint density at radius 2 is 1.55 bits per heavy atom. The van der Waals surface area contributed by atoms with Gasteiger partial charge in [-0.3, -0.25) is 20.4 Å². The van der Waals surface area contributed by atoms with E-state index in [0.717, 1.165) is 22.3 Å². The van der Waals surface area contributed by atoms with Crippen molar-refractivity contribution >= 4 is 17.9 Å². The van der Waals surface area contributed by atoms with Gasteiger partial charge in [0.15, 0.2) is 6.61 Å². The van der Waals surface area contributed by atoms with Gasteiger partial charge in [-0.05, 0) is 35.8 Å². The third-order valence-corrected chi connectivity index (χ3v) is 4.26. The third kappa shape index (κ3) is 5.81. The summed E-state index contributed by atoms with van der Waals surface area (Å²) >= 11 is 0. The molecule has 2 amide bonds. The molecule has 0 saturated heterocycles. The molecule has 0 unspecified atom stereocenters. The number of hydrogen-bond acceptors (Lipinski definition) is 3. The van der Waals surface area contributed by atoms with E-state index >= 15 is 0 Å². The first kappa shape index (κ1) is 19.9. The first-order valence-electron chi connectivity index (χ1n) is 9.23.